The first-order chi connectivity index (χ1) is 12.9. The number of nitrogens with zero attached hydrogens (tertiary/aromatic N) is 2. The minimum absolute atomic E-state index is 0.0396. The quantitative estimate of drug-likeness (QED) is 0.481. The Balaban J connectivity index is 1.96. The van der Waals surface area contributed by atoms with E-state index >= 15 is 0 Å². The predicted octanol–water partition coefficient (Wildman–Crippen LogP) is 5.26. The summed E-state index contributed by atoms with van der Waals surface area (Å²) in [6.07, 6.45) is -9.74. The Morgan fingerprint density at radius 1 is 0.929 bits per heavy atom. The van der Waals surface area contributed by atoms with Crippen LogP contribution in [0.2, 0.25) is 0 Å². The molecule has 0 spiro atoms. The highest BCUT2D eigenvalue weighted by molar-refractivity contribution is 5.57. The van der Waals surface area contributed by atoms with Crippen LogP contribution in [0.15, 0.2) is 40.9 Å². The number of nitrogen functional groups attached to an aromatic ring is 1. The summed E-state index contributed by atoms with van der Waals surface area (Å²) in [5.41, 5.74) is 4.52. The summed E-state index contributed by atoms with van der Waals surface area (Å²) in [7, 11) is 0. The average molecular weight is 401 g/mol. The van der Waals surface area contributed by atoms with Crippen LogP contribution in [-0.4, -0.2) is 10.1 Å². The maximum atomic E-state index is 13.0. The van der Waals surface area contributed by atoms with E-state index in [0.29, 0.717) is 17.8 Å². The second-order valence-corrected chi connectivity index (χ2v) is 6.18. The summed E-state index contributed by atoms with van der Waals surface area (Å²) in [6, 6.07) is 6.29. The Bertz CT molecular complexity index is 975. The largest absolute Gasteiger partial charge is 0.416 e. The SMILES string of the molecule is Cc1cc(Cc2noc(-c3cc(C(F)(F)F)cc(C(F)(F)F)c3)n2)ccc1N. The van der Waals surface area contributed by atoms with Crippen molar-refractivity contribution >= 4 is 5.69 Å². The third-order valence-electron chi connectivity index (χ3n) is 4.00. The molecule has 1 aromatic heterocycles. The zero-order valence-electron chi connectivity index (χ0n) is 14.3. The van der Waals surface area contributed by atoms with Crippen LogP contribution in [0.3, 0.4) is 0 Å². The van der Waals surface area contributed by atoms with Gasteiger partial charge in [0.1, 0.15) is 0 Å². The lowest BCUT2D eigenvalue weighted by Gasteiger charge is -2.12. The van der Waals surface area contributed by atoms with Gasteiger partial charge >= 0.3 is 12.4 Å². The van der Waals surface area contributed by atoms with Crippen molar-refractivity contribution in [2.24, 2.45) is 0 Å². The second kappa shape index (κ2) is 6.84. The smallest absolute Gasteiger partial charge is 0.399 e. The maximum absolute atomic E-state index is 13.0. The highest BCUT2D eigenvalue weighted by atomic mass is 19.4. The molecule has 0 unspecified atom stereocenters. The van der Waals surface area contributed by atoms with Crippen LogP contribution in [0.5, 0.6) is 0 Å². The van der Waals surface area contributed by atoms with Gasteiger partial charge in [-0.2, -0.15) is 31.3 Å². The maximum Gasteiger partial charge on any atom is 0.416 e. The van der Waals surface area contributed by atoms with Crippen molar-refractivity contribution in [1.29, 1.82) is 0 Å². The Labute approximate surface area is 155 Å². The molecule has 0 radical (unpaired) electrons. The van der Waals surface area contributed by atoms with E-state index in [0.717, 1.165) is 11.1 Å². The monoisotopic (exact) mass is 401 g/mol. The van der Waals surface area contributed by atoms with Gasteiger partial charge in [0, 0.05) is 17.7 Å². The topological polar surface area (TPSA) is 64.9 Å². The number of benzene rings is 2. The molecule has 4 nitrogen and oxygen atoms in total. The summed E-state index contributed by atoms with van der Waals surface area (Å²) in [4.78, 5) is 3.93. The number of rotatable bonds is 3. The van der Waals surface area contributed by atoms with Crippen LogP contribution in [-0.2, 0) is 18.8 Å². The second-order valence-electron chi connectivity index (χ2n) is 6.18. The van der Waals surface area contributed by atoms with E-state index in [-0.39, 0.29) is 18.3 Å². The molecule has 2 aromatic carbocycles. The van der Waals surface area contributed by atoms with Crippen LogP contribution < -0.4 is 5.73 Å². The van der Waals surface area contributed by atoms with Crippen LogP contribution in [0.4, 0.5) is 32.0 Å². The van der Waals surface area contributed by atoms with Crippen LogP contribution >= 0.6 is 0 Å². The fraction of sp³-hybridized carbons (Fsp3) is 0.222. The molecule has 0 saturated heterocycles. The van der Waals surface area contributed by atoms with E-state index in [1.165, 1.54) is 0 Å². The number of nitrogens with two attached hydrogens (primary N) is 1. The molecular formula is C18H13F6N3O. The molecular weight excluding hydrogens is 388 g/mol. The van der Waals surface area contributed by atoms with Crippen molar-refractivity contribution in [2.75, 3.05) is 5.73 Å². The van der Waals surface area contributed by atoms with Gasteiger partial charge in [-0.3, -0.25) is 0 Å². The van der Waals surface area contributed by atoms with E-state index in [9.17, 15) is 26.3 Å². The van der Waals surface area contributed by atoms with Crippen molar-refractivity contribution in [3.05, 3.63) is 64.5 Å². The summed E-state index contributed by atoms with van der Waals surface area (Å²) in [5.74, 6) is -0.316. The molecule has 1 heterocycles. The number of hydrogen-bond donors (Lipinski definition) is 1. The fourth-order valence-electron chi connectivity index (χ4n) is 2.55. The summed E-state index contributed by atoms with van der Waals surface area (Å²) < 4.78 is 82.7. The molecule has 0 atom stereocenters. The van der Waals surface area contributed by atoms with Crippen LogP contribution in [0.1, 0.15) is 28.1 Å². The molecule has 0 amide bonds. The van der Waals surface area contributed by atoms with Crippen molar-refractivity contribution in [2.45, 2.75) is 25.7 Å². The normalized spacial score (nSPS) is 12.4. The molecule has 0 fully saturated rings. The van der Waals surface area contributed by atoms with Crippen molar-refractivity contribution in [3.8, 4) is 11.5 Å². The number of halogens is 6. The Kier molecular flexibility index (Phi) is 4.82. The summed E-state index contributed by atoms with van der Waals surface area (Å²) in [5, 5.41) is 3.64. The number of aromatic nitrogens is 2. The number of anilines is 1. The first-order valence-electron chi connectivity index (χ1n) is 7.91. The first kappa shape index (κ1) is 19.7. The molecule has 0 aliphatic heterocycles. The van der Waals surface area contributed by atoms with Gasteiger partial charge in [0.25, 0.3) is 5.89 Å². The van der Waals surface area contributed by atoms with Gasteiger partial charge in [0.05, 0.1) is 11.1 Å². The van der Waals surface area contributed by atoms with Gasteiger partial charge < -0.3 is 10.3 Å². The zero-order valence-corrected chi connectivity index (χ0v) is 14.3. The molecule has 10 heteroatoms. The standard InChI is InChI=1S/C18H13F6N3O/c1-9-4-10(2-3-14(9)25)5-15-26-16(28-27-15)11-6-12(17(19,20)21)8-13(7-11)18(22,23)24/h2-4,6-8H,5,25H2,1H3. The minimum Gasteiger partial charge on any atom is -0.399 e. The molecule has 3 aromatic rings. The van der Waals surface area contributed by atoms with Gasteiger partial charge in [-0.05, 0) is 42.3 Å². The molecule has 3 rings (SSSR count). The minimum atomic E-state index is -4.96. The van der Waals surface area contributed by atoms with Gasteiger partial charge in [-0.1, -0.05) is 17.3 Å². The van der Waals surface area contributed by atoms with Crippen LogP contribution in [0, 0.1) is 6.92 Å². The highest BCUT2D eigenvalue weighted by Crippen LogP contribution is 2.38. The molecule has 0 bridgehead atoms. The van der Waals surface area contributed by atoms with E-state index in [1.54, 1.807) is 25.1 Å². The fourth-order valence-corrected chi connectivity index (χ4v) is 2.55. The lowest BCUT2D eigenvalue weighted by Crippen LogP contribution is -2.11. The zero-order chi connectivity index (χ0) is 20.7. The first-order valence-corrected chi connectivity index (χ1v) is 7.91. The molecule has 0 saturated carbocycles. The predicted molar refractivity (Wildman–Crippen MR) is 88.1 cm³/mol. The highest BCUT2D eigenvalue weighted by Gasteiger charge is 2.37. The third kappa shape index (κ3) is 4.26. The van der Waals surface area contributed by atoms with E-state index in [4.69, 9.17) is 10.3 Å². The number of hydrogen-bond acceptors (Lipinski definition) is 4. The summed E-state index contributed by atoms with van der Waals surface area (Å²) >= 11 is 0. The van der Waals surface area contributed by atoms with Crippen molar-refractivity contribution in [1.82, 2.24) is 10.1 Å². The van der Waals surface area contributed by atoms with Crippen molar-refractivity contribution < 1.29 is 30.9 Å². The van der Waals surface area contributed by atoms with Gasteiger partial charge in [-0.25, -0.2) is 0 Å². The lowest BCUT2D eigenvalue weighted by molar-refractivity contribution is -0.143. The molecule has 0 aliphatic rings. The number of aryl methyl sites for hydroxylation is 1. The lowest BCUT2D eigenvalue weighted by atomic mass is 10.0. The third-order valence-corrected chi connectivity index (χ3v) is 4.00. The van der Waals surface area contributed by atoms with E-state index < -0.39 is 34.9 Å². The Hall–Kier alpha value is -3.04. The van der Waals surface area contributed by atoms with Crippen molar-refractivity contribution in [3.63, 3.8) is 0 Å². The molecule has 148 valence electrons. The van der Waals surface area contributed by atoms with Crippen LogP contribution in [0.25, 0.3) is 11.5 Å². The molecule has 2 N–H and O–H groups in total. The Morgan fingerprint density at radius 3 is 2.07 bits per heavy atom. The van der Waals surface area contributed by atoms with E-state index in [1.807, 2.05) is 0 Å². The van der Waals surface area contributed by atoms with Gasteiger partial charge in [0.15, 0.2) is 5.82 Å². The average Bonchev–Trinajstić information content (AvgIpc) is 3.05. The van der Waals surface area contributed by atoms with Gasteiger partial charge in [0.2, 0.25) is 0 Å². The Morgan fingerprint density at radius 2 is 1.54 bits per heavy atom. The summed E-state index contributed by atoms with van der Waals surface area (Å²) in [6.45, 7) is 1.79. The van der Waals surface area contributed by atoms with E-state index in [2.05, 4.69) is 10.1 Å². The molecule has 28 heavy (non-hydrogen) atoms. The number of alkyl halides is 6. The van der Waals surface area contributed by atoms with Gasteiger partial charge in [-0.15, -0.1) is 0 Å². The molecule has 0 aliphatic carbocycles.